The van der Waals surface area contributed by atoms with Crippen LogP contribution in [0.2, 0.25) is 28.3 Å². The molecule has 8 nitrogen and oxygen atoms in total. The Kier molecular flexibility index (Phi) is 7.09. The Morgan fingerprint density at radius 2 is 1.92 bits per heavy atom. The Labute approximate surface area is 228 Å². The lowest BCUT2D eigenvalue weighted by atomic mass is 9.85. The third-order valence-electron chi connectivity index (χ3n) is 7.20. The molecule has 1 N–H and O–H groups in total. The van der Waals surface area contributed by atoms with Crippen molar-refractivity contribution in [3.63, 3.8) is 0 Å². The number of anilines is 2. The quantitative estimate of drug-likeness (QED) is 0.257. The monoisotopic (exact) mass is 586 g/mol. The first-order chi connectivity index (χ1) is 17.5. The second-order valence-electron chi connectivity index (χ2n) is 10.6. The van der Waals surface area contributed by atoms with Gasteiger partial charge in [-0.15, -0.1) is 6.58 Å². The molecule has 1 atom stereocenters. The molecule has 0 bridgehead atoms. The van der Waals surface area contributed by atoms with E-state index in [9.17, 15) is 18.0 Å². The number of urea groups is 1. The molecule has 4 rings (SSSR count). The first-order valence-corrected chi connectivity index (χ1v) is 15.3. The van der Waals surface area contributed by atoms with Gasteiger partial charge < -0.3 is 9.74 Å². The number of hydrogen-bond donors (Lipinski definition) is 1. The Morgan fingerprint density at radius 3 is 2.50 bits per heavy atom. The predicted molar refractivity (Wildman–Crippen MR) is 144 cm³/mol. The maximum absolute atomic E-state index is 14.5. The van der Waals surface area contributed by atoms with Gasteiger partial charge in [0.05, 0.1) is 53.3 Å². The van der Waals surface area contributed by atoms with E-state index in [-0.39, 0.29) is 44.5 Å². The lowest BCUT2D eigenvalue weighted by Gasteiger charge is -2.36. The standard InChI is InChI=1S/C24H27Cl2F3N6O2Si/c1-7-23(24(27,28)29)13-34(17-11-31-19-9-18(26)33-35(19)20(17)23)21(36)32-14-8-15(25)16(30-10-14)12-37-38(5,6)22(2,3)4/h7-11H,1,12-13H2,2-6H3,(H,32,36)/t23-/m1/s1. The summed E-state index contributed by atoms with van der Waals surface area (Å²) < 4.78 is 50.5. The number of aromatic nitrogens is 4. The van der Waals surface area contributed by atoms with Crippen LogP contribution in [0.1, 0.15) is 32.2 Å². The van der Waals surface area contributed by atoms with Gasteiger partial charge in [0.25, 0.3) is 0 Å². The SMILES string of the molecule is C=C[C@@]1(C(F)(F)F)CN(C(=O)Nc2cnc(CO[Si](C)(C)C(C)(C)C)c(Cl)c2)c2cnc3cc(Cl)nn3c21. The first-order valence-electron chi connectivity index (χ1n) is 11.6. The van der Waals surface area contributed by atoms with Crippen LogP contribution in [0.15, 0.2) is 37.2 Å². The lowest BCUT2D eigenvalue weighted by Crippen LogP contribution is -2.47. The van der Waals surface area contributed by atoms with Gasteiger partial charge in [0.1, 0.15) is 5.41 Å². The highest BCUT2D eigenvalue weighted by Gasteiger charge is 2.62. The maximum Gasteiger partial charge on any atom is 0.405 e. The molecule has 3 aromatic heterocycles. The highest BCUT2D eigenvalue weighted by molar-refractivity contribution is 6.74. The number of carbonyl (C=O) groups excluding carboxylic acids is 1. The molecule has 0 aliphatic carbocycles. The minimum atomic E-state index is -4.79. The van der Waals surface area contributed by atoms with Gasteiger partial charge in [-0.3, -0.25) is 9.88 Å². The summed E-state index contributed by atoms with van der Waals surface area (Å²) in [5, 5.41) is 6.77. The van der Waals surface area contributed by atoms with Crippen LogP contribution in [0.4, 0.5) is 29.3 Å². The summed E-state index contributed by atoms with van der Waals surface area (Å²) in [4.78, 5) is 22.6. The van der Waals surface area contributed by atoms with Crippen LogP contribution in [0, 0.1) is 0 Å². The summed E-state index contributed by atoms with van der Waals surface area (Å²) in [6, 6.07) is 1.98. The third kappa shape index (κ3) is 4.78. The molecule has 2 amide bonds. The number of nitrogens with zero attached hydrogens (tertiary/aromatic N) is 5. The van der Waals surface area contributed by atoms with Crippen molar-refractivity contribution in [2.45, 2.75) is 57.1 Å². The second-order valence-corrected chi connectivity index (χ2v) is 16.2. The van der Waals surface area contributed by atoms with Crippen molar-refractivity contribution in [2.24, 2.45) is 0 Å². The minimum absolute atomic E-state index is 0.00156. The van der Waals surface area contributed by atoms with Crippen LogP contribution in [0.3, 0.4) is 0 Å². The molecular formula is C24H27Cl2F3N6O2Si. The van der Waals surface area contributed by atoms with Gasteiger partial charge in [0.2, 0.25) is 0 Å². The van der Waals surface area contributed by atoms with E-state index in [1.54, 1.807) is 0 Å². The molecule has 0 spiro atoms. The number of halogens is 5. The van der Waals surface area contributed by atoms with Crippen LogP contribution in [0.5, 0.6) is 0 Å². The van der Waals surface area contributed by atoms with E-state index in [1.807, 2.05) is 0 Å². The molecule has 0 saturated carbocycles. The van der Waals surface area contributed by atoms with Gasteiger partial charge in [-0.1, -0.05) is 50.0 Å². The fourth-order valence-electron chi connectivity index (χ4n) is 3.90. The van der Waals surface area contributed by atoms with Gasteiger partial charge in [-0.2, -0.15) is 18.3 Å². The van der Waals surface area contributed by atoms with E-state index < -0.39 is 32.5 Å². The van der Waals surface area contributed by atoms with Crippen LogP contribution < -0.4 is 10.2 Å². The number of amides is 2. The number of rotatable bonds is 5. The average molecular weight is 588 g/mol. The van der Waals surface area contributed by atoms with Crippen molar-refractivity contribution < 1.29 is 22.4 Å². The van der Waals surface area contributed by atoms with Crippen LogP contribution in [0.25, 0.3) is 5.65 Å². The van der Waals surface area contributed by atoms with Gasteiger partial charge in [0.15, 0.2) is 19.1 Å². The van der Waals surface area contributed by atoms with E-state index in [4.69, 9.17) is 27.6 Å². The summed E-state index contributed by atoms with van der Waals surface area (Å²) in [6.45, 7) is 13.4. The molecule has 38 heavy (non-hydrogen) atoms. The largest absolute Gasteiger partial charge is 0.411 e. The van der Waals surface area contributed by atoms with E-state index in [2.05, 4.69) is 60.8 Å². The van der Waals surface area contributed by atoms with Crippen LogP contribution in [-0.2, 0) is 16.4 Å². The van der Waals surface area contributed by atoms with E-state index >= 15 is 0 Å². The fraction of sp³-hybridized carbons (Fsp3) is 0.417. The maximum atomic E-state index is 14.5. The second kappa shape index (κ2) is 9.51. The summed E-state index contributed by atoms with van der Waals surface area (Å²) in [5.41, 5.74) is -2.18. The van der Waals surface area contributed by atoms with Crippen molar-refractivity contribution in [2.75, 3.05) is 16.8 Å². The van der Waals surface area contributed by atoms with Gasteiger partial charge in [0, 0.05) is 6.07 Å². The van der Waals surface area contributed by atoms with E-state index in [0.29, 0.717) is 5.69 Å². The first kappa shape index (κ1) is 28.3. The van der Waals surface area contributed by atoms with Crippen molar-refractivity contribution >= 4 is 54.6 Å². The molecular weight excluding hydrogens is 560 g/mol. The summed E-state index contributed by atoms with van der Waals surface area (Å²) in [6.07, 6.45) is -1.46. The number of alkyl halides is 3. The molecule has 0 fully saturated rings. The molecule has 1 aliphatic heterocycles. The third-order valence-corrected chi connectivity index (χ3v) is 12.2. The molecule has 0 unspecified atom stereocenters. The molecule has 1 aliphatic rings. The van der Waals surface area contributed by atoms with Gasteiger partial charge in [-0.05, 0) is 24.2 Å². The Balaban J connectivity index is 1.62. The summed E-state index contributed by atoms with van der Waals surface area (Å²) in [5.74, 6) is 0. The molecule has 14 heteroatoms. The Morgan fingerprint density at radius 1 is 1.24 bits per heavy atom. The van der Waals surface area contributed by atoms with Crippen LogP contribution >= 0.6 is 23.2 Å². The zero-order valence-electron chi connectivity index (χ0n) is 21.5. The number of hydrogen-bond acceptors (Lipinski definition) is 5. The Hall–Kier alpha value is -2.67. The van der Waals surface area contributed by atoms with Crippen molar-refractivity contribution in [3.05, 3.63) is 58.7 Å². The number of fused-ring (bicyclic) bond motifs is 3. The summed E-state index contributed by atoms with van der Waals surface area (Å²) in [7, 11) is -2.05. The highest BCUT2D eigenvalue weighted by atomic mass is 35.5. The summed E-state index contributed by atoms with van der Waals surface area (Å²) >= 11 is 12.3. The van der Waals surface area contributed by atoms with Crippen LogP contribution in [-0.4, -0.2) is 46.7 Å². The molecule has 0 radical (unpaired) electrons. The highest BCUT2D eigenvalue weighted by Crippen LogP contribution is 2.51. The van der Waals surface area contributed by atoms with Crippen molar-refractivity contribution in [3.8, 4) is 0 Å². The topological polar surface area (TPSA) is 84.7 Å². The minimum Gasteiger partial charge on any atom is -0.411 e. The van der Waals surface area contributed by atoms with E-state index in [0.717, 1.165) is 15.5 Å². The van der Waals surface area contributed by atoms with Crippen molar-refractivity contribution in [1.82, 2.24) is 19.6 Å². The molecule has 0 saturated heterocycles. The molecule has 0 aromatic carbocycles. The van der Waals surface area contributed by atoms with Crippen molar-refractivity contribution in [1.29, 1.82) is 0 Å². The molecule has 4 heterocycles. The zero-order valence-corrected chi connectivity index (χ0v) is 24.0. The number of nitrogens with one attached hydrogen (secondary N) is 1. The average Bonchev–Trinajstić information content (AvgIpc) is 3.35. The van der Waals surface area contributed by atoms with Gasteiger partial charge in [-0.25, -0.2) is 14.3 Å². The van der Waals surface area contributed by atoms with Gasteiger partial charge >= 0.3 is 12.2 Å². The number of carbonyl (C=O) groups is 1. The zero-order chi connectivity index (χ0) is 28.3. The smallest absolute Gasteiger partial charge is 0.405 e. The molecule has 204 valence electrons. The Bertz CT molecular complexity index is 1420. The lowest BCUT2D eigenvalue weighted by molar-refractivity contribution is -0.172. The van der Waals surface area contributed by atoms with E-state index in [1.165, 1.54) is 24.5 Å². The normalized spacial score (nSPS) is 18.1. The predicted octanol–water partition coefficient (Wildman–Crippen LogP) is 6.99. The molecule has 3 aromatic rings. The fourth-order valence-corrected chi connectivity index (χ4v) is 5.22. The number of pyridine rings is 1.